The number of nitrogens with one attached hydrogen (secondary N) is 3. The Labute approximate surface area is 187 Å². The van der Waals surface area contributed by atoms with Crippen molar-refractivity contribution in [1.29, 1.82) is 0 Å². The molecule has 1 atom stereocenters. The SMILES string of the molecule is Cc1ccc(C(=O)Nc2ccccc2)cc1NC(=O)NC1CCCN(c2ncccn2)C1. The van der Waals surface area contributed by atoms with Gasteiger partial charge in [0.2, 0.25) is 5.95 Å². The standard InChI is InChI=1S/C24H26N6O2/c1-17-10-11-18(22(31)27-19-7-3-2-4-8-19)15-21(17)29-24(32)28-20-9-5-14-30(16-20)23-25-12-6-13-26-23/h2-4,6-8,10-13,15,20H,5,9,14,16H2,1H3,(H,27,31)(H2,28,29,32). The fourth-order valence-corrected chi connectivity index (χ4v) is 3.70. The van der Waals surface area contributed by atoms with Crippen molar-refractivity contribution in [3.63, 3.8) is 0 Å². The van der Waals surface area contributed by atoms with Crippen LogP contribution in [0.4, 0.5) is 22.1 Å². The van der Waals surface area contributed by atoms with Gasteiger partial charge in [-0.1, -0.05) is 24.3 Å². The quantitative estimate of drug-likeness (QED) is 0.571. The van der Waals surface area contributed by atoms with Gasteiger partial charge in [0.25, 0.3) is 5.91 Å². The molecule has 0 aliphatic carbocycles. The molecule has 4 rings (SSSR count). The van der Waals surface area contributed by atoms with Gasteiger partial charge in [-0.05, 0) is 55.7 Å². The highest BCUT2D eigenvalue weighted by Crippen LogP contribution is 2.19. The molecule has 0 spiro atoms. The van der Waals surface area contributed by atoms with Crippen molar-refractivity contribution in [2.24, 2.45) is 0 Å². The van der Waals surface area contributed by atoms with E-state index >= 15 is 0 Å². The van der Waals surface area contributed by atoms with Gasteiger partial charge in [-0.3, -0.25) is 4.79 Å². The van der Waals surface area contributed by atoms with Crippen molar-refractivity contribution < 1.29 is 9.59 Å². The fraction of sp³-hybridized carbons (Fsp3) is 0.250. The largest absolute Gasteiger partial charge is 0.339 e. The third-order valence-electron chi connectivity index (χ3n) is 5.37. The zero-order valence-electron chi connectivity index (χ0n) is 17.9. The predicted molar refractivity (Wildman–Crippen MR) is 125 cm³/mol. The van der Waals surface area contributed by atoms with Crippen LogP contribution in [-0.2, 0) is 0 Å². The van der Waals surface area contributed by atoms with Gasteiger partial charge >= 0.3 is 6.03 Å². The minimum atomic E-state index is -0.297. The molecule has 1 aliphatic rings. The number of hydrogen-bond acceptors (Lipinski definition) is 5. The molecule has 3 aromatic rings. The second-order valence-electron chi connectivity index (χ2n) is 7.78. The second-order valence-corrected chi connectivity index (χ2v) is 7.78. The molecule has 2 aromatic carbocycles. The Kier molecular flexibility index (Phi) is 6.60. The summed E-state index contributed by atoms with van der Waals surface area (Å²) in [6, 6.07) is 16.0. The number of carbonyl (C=O) groups excluding carboxylic acids is 2. The number of aromatic nitrogens is 2. The number of aryl methyl sites for hydroxylation is 1. The van der Waals surface area contributed by atoms with Crippen LogP contribution in [0.5, 0.6) is 0 Å². The van der Waals surface area contributed by atoms with Gasteiger partial charge < -0.3 is 20.9 Å². The first-order valence-electron chi connectivity index (χ1n) is 10.6. The molecular weight excluding hydrogens is 404 g/mol. The lowest BCUT2D eigenvalue weighted by Crippen LogP contribution is -2.49. The lowest BCUT2D eigenvalue weighted by molar-refractivity contribution is 0.102. The number of rotatable bonds is 5. The number of nitrogens with zero attached hydrogens (tertiary/aromatic N) is 3. The minimum Gasteiger partial charge on any atom is -0.339 e. The van der Waals surface area contributed by atoms with Crippen LogP contribution in [0.1, 0.15) is 28.8 Å². The van der Waals surface area contributed by atoms with Gasteiger partial charge in [0.1, 0.15) is 0 Å². The third-order valence-corrected chi connectivity index (χ3v) is 5.37. The van der Waals surface area contributed by atoms with E-state index in [0.29, 0.717) is 23.7 Å². The minimum absolute atomic E-state index is 0.0163. The molecule has 1 unspecified atom stereocenters. The van der Waals surface area contributed by atoms with Gasteiger partial charge in [0.15, 0.2) is 0 Å². The van der Waals surface area contributed by atoms with Crippen molar-refractivity contribution in [2.45, 2.75) is 25.8 Å². The first-order chi connectivity index (χ1) is 15.6. The summed E-state index contributed by atoms with van der Waals surface area (Å²) in [5.41, 5.74) is 2.66. The molecule has 1 aromatic heterocycles. The molecule has 164 valence electrons. The molecule has 3 N–H and O–H groups in total. The zero-order chi connectivity index (χ0) is 22.3. The molecule has 0 radical (unpaired) electrons. The maximum Gasteiger partial charge on any atom is 0.319 e. The molecular formula is C24H26N6O2. The maximum atomic E-state index is 12.7. The Balaban J connectivity index is 1.37. The molecule has 1 saturated heterocycles. The van der Waals surface area contributed by atoms with E-state index < -0.39 is 0 Å². The Bertz CT molecular complexity index is 1070. The van der Waals surface area contributed by atoms with E-state index in [1.54, 1.807) is 30.6 Å². The van der Waals surface area contributed by atoms with Crippen LogP contribution in [0.2, 0.25) is 0 Å². The van der Waals surface area contributed by atoms with E-state index in [9.17, 15) is 9.59 Å². The Morgan fingerprint density at radius 1 is 1.00 bits per heavy atom. The number of urea groups is 1. The second kappa shape index (κ2) is 9.91. The van der Waals surface area contributed by atoms with E-state index in [0.717, 1.165) is 30.6 Å². The molecule has 1 aliphatic heterocycles. The van der Waals surface area contributed by atoms with E-state index in [4.69, 9.17) is 0 Å². The molecule has 0 saturated carbocycles. The lowest BCUT2D eigenvalue weighted by Gasteiger charge is -2.33. The first kappa shape index (κ1) is 21.3. The topological polar surface area (TPSA) is 99.2 Å². The highest BCUT2D eigenvalue weighted by Gasteiger charge is 2.23. The zero-order valence-corrected chi connectivity index (χ0v) is 17.9. The van der Waals surface area contributed by atoms with Crippen LogP contribution in [0.25, 0.3) is 0 Å². The Morgan fingerprint density at radius 3 is 2.56 bits per heavy atom. The average Bonchev–Trinajstić information content (AvgIpc) is 2.82. The summed E-state index contributed by atoms with van der Waals surface area (Å²) < 4.78 is 0. The van der Waals surface area contributed by atoms with Crippen LogP contribution in [0.3, 0.4) is 0 Å². The van der Waals surface area contributed by atoms with Gasteiger partial charge in [0.05, 0.1) is 0 Å². The Morgan fingerprint density at radius 2 is 1.78 bits per heavy atom. The number of carbonyl (C=O) groups is 2. The molecule has 8 heteroatoms. The van der Waals surface area contributed by atoms with E-state index in [1.807, 2.05) is 43.3 Å². The van der Waals surface area contributed by atoms with Crippen LogP contribution in [0.15, 0.2) is 67.0 Å². The summed E-state index contributed by atoms with van der Waals surface area (Å²) in [6.45, 7) is 3.40. The fourth-order valence-electron chi connectivity index (χ4n) is 3.70. The molecule has 8 nitrogen and oxygen atoms in total. The normalized spacial score (nSPS) is 15.7. The number of anilines is 3. The van der Waals surface area contributed by atoms with Crippen LogP contribution in [-0.4, -0.2) is 41.0 Å². The van der Waals surface area contributed by atoms with Crippen LogP contribution in [0, 0.1) is 6.92 Å². The van der Waals surface area contributed by atoms with Crippen molar-refractivity contribution in [3.8, 4) is 0 Å². The van der Waals surface area contributed by atoms with Crippen molar-refractivity contribution in [1.82, 2.24) is 15.3 Å². The van der Waals surface area contributed by atoms with Gasteiger partial charge in [0, 0.05) is 48.5 Å². The average molecular weight is 431 g/mol. The highest BCUT2D eigenvalue weighted by atomic mass is 16.2. The van der Waals surface area contributed by atoms with Gasteiger partial charge in [-0.25, -0.2) is 14.8 Å². The van der Waals surface area contributed by atoms with Crippen molar-refractivity contribution in [2.75, 3.05) is 28.6 Å². The maximum absolute atomic E-state index is 12.7. The van der Waals surface area contributed by atoms with E-state index in [2.05, 4.69) is 30.8 Å². The molecule has 3 amide bonds. The van der Waals surface area contributed by atoms with E-state index in [1.165, 1.54) is 0 Å². The number of piperidine rings is 1. The molecule has 2 heterocycles. The third kappa shape index (κ3) is 5.40. The summed E-state index contributed by atoms with van der Waals surface area (Å²) in [5, 5.41) is 8.79. The molecule has 0 bridgehead atoms. The number of hydrogen-bond donors (Lipinski definition) is 3. The first-order valence-corrected chi connectivity index (χ1v) is 10.6. The lowest BCUT2D eigenvalue weighted by atomic mass is 10.1. The van der Waals surface area contributed by atoms with E-state index in [-0.39, 0.29) is 18.0 Å². The van der Waals surface area contributed by atoms with Gasteiger partial charge in [-0.2, -0.15) is 0 Å². The number of benzene rings is 2. The number of para-hydroxylation sites is 1. The summed E-state index contributed by atoms with van der Waals surface area (Å²) in [4.78, 5) is 35.9. The van der Waals surface area contributed by atoms with Crippen molar-refractivity contribution in [3.05, 3.63) is 78.1 Å². The summed E-state index contributed by atoms with van der Waals surface area (Å²) >= 11 is 0. The van der Waals surface area contributed by atoms with Crippen molar-refractivity contribution >= 4 is 29.3 Å². The number of amides is 3. The van der Waals surface area contributed by atoms with Gasteiger partial charge in [-0.15, -0.1) is 0 Å². The van der Waals surface area contributed by atoms with Crippen LogP contribution >= 0.6 is 0 Å². The summed E-state index contributed by atoms with van der Waals surface area (Å²) in [7, 11) is 0. The molecule has 32 heavy (non-hydrogen) atoms. The summed E-state index contributed by atoms with van der Waals surface area (Å²) in [6.07, 6.45) is 5.26. The smallest absolute Gasteiger partial charge is 0.319 e. The highest BCUT2D eigenvalue weighted by molar-refractivity contribution is 6.05. The monoisotopic (exact) mass is 430 g/mol. The Hall–Kier alpha value is -3.94. The predicted octanol–water partition coefficient (Wildman–Crippen LogP) is 3.83. The molecule has 1 fully saturated rings. The van der Waals surface area contributed by atoms with Crippen LogP contribution < -0.4 is 20.9 Å². The summed E-state index contributed by atoms with van der Waals surface area (Å²) in [5.74, 6) is 0.442.